The molecule has 0 unspecified atom stereocenters. The fraction of sp³-hybridized carbons (Fsp3) is 0.545. The van der Waals surface area contributed by atoms with Crippen LogP contribution in [-0.2, 0) is 0 Å². The van der Waals surface area contributed by atoms with Crippen LogP contribution in [0.4, 0.5) is 5.82 Å². The Labute approximate surface area is 100 Å². The van der Waals surface area contributed by atoms with E-state index in [4.69, 9.17) is 5.73 Å². The van der Waals surface area contributed by atoms with Gasteiger partial charge in [-0.2, -0.15) is 0 Å². The Hall–Kier alpha value is -1.69. The van der Waals surface area contributed by atoms with E-state index >= 15 is 0 Å². The van der Waals surface area contributed by atoms with Crippen LogP contribution in [0, 0.1) is 12.3 Å². The summed E-state index contributed by atoms with van der Waals surface area (Å²) in [6.45, 7) is 7.49. The van der Waals surface area contributed by atoms with E-state index < -0.39 is 0 Å². The summed E-state index contributed by atoms with van der Waals surface area (Å²) < 4.78 is 1.91. The molecule has 0 aromatic carbocycles. The van der Waals surface area contributed by atoms with Crippen LogP contribution in [0.25, 0.3) is 5.65 Å². The number of fused-ring (bicyclic) bond motifs is 1. The molecule has 17 heavy (non-hydrogen) atoms. The molecule has 2 rings (SSSR count). The average molecular weight is 234 g/mol. The molecule has 6 nitrogen and oxygen atoms in total. The molecule has 0 fully saturated rings. The number of nitrogens with zero attached hydrogens (tertiary/aromatic N) is 4. The van der Waals surface area contributed by atoms with E-state index in [0.717, 1.165) is 23.8 Å². The maximum absolute atomic E-state index is 5.69. The van der Waals surface area contributed by atoms with Crippen LogP contribution in [0.3, 0.4) is 0 Å². The first-order chi connectivity index (χ1) is 8.03. The summed E-state index contributed by atoms with van der Waals surface area (Å²) in [6.07, 6.45) is 3.59. The minimum Gasteiger partial charge on any atom is -0.366 e. The second-order valence-corrected chi connectivity index (χ2v) is 4.94. The van der Waals surface area contributed by atoms with Crippen molar-refractivity contribution in [3.63, 3.8) is 0 Å². The molecule has 0 atom stereocenters. The van der Waals surface area contributed by atoms with E-state index in [-0.39, 0.29) is 5.41 Å². The number of rotatable bonds is 4. The van der Waals surface area contributed by atoms with Crippen LogP contribution in [0.5, 0.6) is 0 Å². The van der Waals surface area contributed by atoms with E-state index in [2.05, 4.69) is 34.3 Å². The maximum Gasteiger partial charge on any atom is 0.203 e. The quantitative estimate of drug-likeness (QED) is 0.819. The highest BCUT2D eigenvalue weighted by Crippen LogP contribution is 2.16. The summed E-state index contributed by atoms with van der Waals surface area (Å²) in [7, 11) is 0. The summed E-state index contributed by atoms with van der Waals surface area (Å²) in [4.78, 5) is 4.28. The molecule has 0 amide bonds. The zero-order valence-electron chi connectivity index (χ0n) is 10.4. The number of aryl methyl sites for hydroxylation is 1. The molecule has 0 bridgehead atoms. The van der Waals surface area contributed by atoms with Crippen molar-refractivity contribution in [3.05, 3.63) is 18.2 Å². The number of nitrogens with one attached hydrogen (secondary N) is 1. The van der Waals surface area contributed by atoms with Gasteiger partial charge in [-0.25, -0.2) is 4.98 Å². The third kappa shape index (κ3) is 2.36. The van der Waals surface area contributed by atoms with E-state index in [0.29, 0.717) is 6.54 Å². The number of nitrogens with two attached hydrogens (primary N) is 1. The highest BCUT2D eigenvalue weighted by Gasteiger charge is 2.16. The van der Waals surface area contributed by atoms with Gasteiger partial charge in [-0.05, 0) is 18.9 Å². The zero-order valence-corrected chi connectivity index (χ0v) is 10.4. The average Bonchev–Trinajstić information content (AvgIpc) is 2.70. The Morgan fingerprint density at radius 3 is 2.88 bits per heavy atom. The molecular weight excluding hydrogens is 216 g/mol. The molecule has 0 spiro atoms. The van der Waals surface area contributed by atoms with Crippen molar-refractivity contribution in [2.75, 3.05) is 18.4 Å². The van der Waals surface area contributed by atoms with Crippen molar-refractivity contribution >= 4 is 11.5 Å². The third-order valence-electron chi connectivity index (χ3n) is 2.78. The topological polar surface area (TPSA) is 81.1 Å². The molecule has 2 heterocycles. The number of anilines is 1. The predicted molar refractivity (Wildman–Crippen MR) is 66.8 cm³/mol. The monoisotopic (exact) mass is 234 g/mol. The van der Waals surface area contributed by atoms with Crippen LogP contribution in [0.1, 0.15) is 19.7 Å². The van der Waals surface area contributed by atoms with Crippen molar-refractivity contribution in [1.29, 1.82) is 0 Å². The van der Waals surface area contributed by atoms with Gasteiger partial charge < -0.3 is 11.1 Å². The van der Waals surface area contributed by atoms with Crippen molar-refractivity contribution in [2.45, 2.75) is 20.8 Å². The number of hydrogen-bond acceptors (Lipinski definition) is 5. The van der Waals surface area contributed by atoms with Crippen molar-refractivity contribution < 1.29 is 0 Å². The van der Waals surface area contributed by atoms with Crippen LogP contribution in [0.2, 0.25) is 0 Å². The molecule has 0 radical (unpaired) electrons. The Kier molecular flexibility index (Phi) is 2.97. The smallest absolute Gasteiger partial charge is 0.203 e. The van der Waals surface area contributed by atoms with Crippen LogP contribution in [0.15, 0.2) is 12.4 Å². The lowest BCUT2D eigenvalue weighted by molar-refractivity contribution is 0.405. The molecule has 0 aliphatic rings. The first kappa shape index (κ1) is 11.8. The molecule has 0 aliphatic heterocycles. The molecule has 3 N–H and O–H groups in total. The van der Waals surface area contributed by atoms with Gasteiger partial charge in [-0.15, -0.1) is 10.2 Å². The highest BCUT2D eigenvalue weighted by molar-refractivity contribution is 5.61. The van der Waals surface area contributed by atoms with Gasteiger partial charge >= 0.3 is 0 Å². The molecular formula is C11H18N6. The van der Waals surface area contributed by atoms with E-state index in [1.165, 1.54) is 0 Å². The van der Waals surface area contributed by atoms with Crippen molar-refractivity contribution in [1.82, 2.24) is 19.6 Å². The number of hydrogen-bond donors (Lipinski definition) is 2. The zero-order chi connectivity index (χ0) is 12.5. The Morgan fingerprint density at radius 2 is 2.18 bits per heavy atom. The largest absolute Gasteiger partial charge is 0.366 e. The van der Waals surface area contributed by atoms with Crippen LogP contribution >= 0.6 is 0 Å². The van der Waals surface area contributed by atoms with Gasteiger partial charge in [-0.1, -0.05) is 13.8 Å². The number of aromatic nitrogens is 4. The molecule has 0 aliphatic carbocycles. The van der Waals surface area contributed by atoms with Gasteiger partial charge in [-0.3, -0.25) is 4.40 Å². The fourth-order valence-electron chi connectivity index (χ4n) is 1.46. The highest BCUT2D eigenvalue weighted by atomic mass is 15.3. The molecule has 0 saturated heterocycles. The second kappa shape index (κ2) is 4.29. The van der Waals surface area contributed by atoms with Crippen LogP contribution < -0.4 is 11.1 Å². The Morgan fingerprint density at radius 1 is 1.41 bits per heavy atom. The lowest BCUT2D eigenvalue weighted by Crippen LogP contribution is -2.31. The lowest BCUT2D eigenvalue weighted by Gasteiger charge is -2.22. The molecule has 92 valence electrons. The first-order valence-electron chi connectivity index (χ1n) is 5.64. The predicted octanol–water partition coefficient (Wildman–Crippen LogP) is 0.830. The normalized spacial score (nSPS) is 12.0. The van der Waals surface area contributed by atoms with E-state index in [1.54, 1.807) is 6.20 Å². The first-order valence-corrected chi connectivity index (χ1v) is 5.64. The molecule has 2 aromatic heterocycles. The summed E-state index contributed by atoms with van der Waals surface area (Å²) in [5.74, 6) is 1.60. The standard InChI is InChI=1S/C11H18N6/c1-8-15-16-10-9(13-4-5-17(8)10)14-7-11(2,3)6-12/h4-5H,6-7,12H2,1-3H3,(H,13,14). The summed E-state index contributed by atoms with van der Waals surface area (Å²) >= 11 is 0. The van der Waals surface area contributed by atoms with E-state index in [1.807, 2.05) is 17.5 Å². The maximum atomic E-state index is 5.69. The lowest BCUT2D eigenvalue weighted by atomic mass is 9.94. The third-order valence-corrected chi connectivity index (χ3v) is 2.78. The molecule has 0 saturated carbocycles. The minimum atomic E-state index is 0.0313. The minimum absolute atomic E-state index is 0.0313. The van der Waals surface area contributed by atoms with Gasteiger partial charge in [0.15, 0.2) is 5.82 Å². The van der Waals surface area contributed by atoms with Gasteiger partial charge in [0.1, 0.15) is 5.82 Å². The Balaban J connectivity index is 2.25. The van der Waals surface area contributed by atoms with Crippen LogP contribution in [-0.4, -0.2) is 32.7 Å². The van der Waals surface area contributed by atoms with Crippen molar-refractivity contribution in [3.8, 4) is 0 Å². The van der Waals surface area contributed by atoms with Gasteiger partial charge in [0.05, 0.1) is 0 Å². The summed E-state index contributed by atoms with van der Waals surface area (Å²) in [6, 6.07) is 0. The second-order valence-electron chi connectivity index (χ2n) is 4.94. The van der Waals surface area contributed by atoms with Gasteiger partial charge in [0.2, 0.25) is 5.65 Å². The Bertz CT molecular complexity index is 516. The van der Waals surface area contributed by atoms with Gasteiger partial charge in [0, 0.05) is 18.9 Å². The SMILES string of the molecule is Cc1nnc2c(NCC(C)(C)CN)nccn12. The molecule has 2 aromatic rings. The van der Waals surface area contributed by atoms with E-state index in [9.17, 15) is 0 Å². The summed E-state index contributed by atoms with van der Waals surface area (Å²) in [5.41, 5.74) is 6.47. The summed E-state index contributed by atoms with van der Waals surface area (Å²) in [5, 5.41) is 11.4. The molecule has 6 heteroatoms. The fourth-order valence-corrected chi connectivity index (χ4v) is 1.46. The van der Waals surface area contributed by atoms with Gasteiger partial charge in [0.25, 0.3) is 0 Å². The van der Waals surface area contributed by atoms with Crippen molar-refractivity contribution in [2.24, 2.45) is 11.1 Å².